The lowest BCUT2D eigenvalue weighted by molar-refractivity contribution is 0.101. The summed E-state index contributed by atoms with van der Waals surface area (Å²) in [5.41, 5.74) is 1.31. The van der Waals surface area contributed by atoms with Gasteiger partial charge in [0.15, 0.2) is 16.6 Å². The summed E-state index contributed by atoms with van der Waals surface area (Å²) >= 11 is 1.18. The van der Waals surface area contributed by atoms with Gasteiger partial charge in [0.05, 0.1) is 0 Å². The van der Waals surface area contributed by atoms with Crippen LogP contribution in [-0.2, 0) is 0 Å². The molecule has 4 rings (SSSR count). The number of anilines is 2. The largest absolute Gasteiger partial charge is 0.454 e. The molecule has 1 aliphatic heterocycles. The van der Waals surface area contributed by atoms with E-state index in [0.29, 0.717) is 27.9 Å². The van der Waals surface area contributed by atoms with Crippen molar-refractivity contribution in [2.24, 2.45) is 0 Å². The van der Waals surface area contributed by atoms with Crippen molar-refractivity contribution < 1.29 is 19.1 Å². The lowest BCUT2D eigenvalue weighted by Crippen LogP contribution is -2.14. The predicted octanol–water partition coefficient (Wildman–Crippen LogP) is 3.38. The molecule has 3 aromatic rings. The third kappa shape index (κ3) is 3.35. The van der Waals surface area contributed by atoms with E-state index < -0.39 is 0 Å². The number of carbonyl (C=O) groups is 2. The second kappa shape index (κ2) is 6.85. The summed E-state index contributed by atoms with van der Waals surface area (Å²) in [7, 11) is 0. The molecule has 2 aromatic carbocycles. The maximum absolute atomic E-state index is 12.3. The third-order valence-electron chi connectivity index (χ3n) is 3.62. The molecule has 0 aliphatic carbocycles. The minimum absolute atomic E-state index is 0.170. The molecule has 2 heterocycles. The average molecular weight is 367 g/mol. The van der Waals surface area contributed by atoms with Crippen LogP contribution in [0.4, 0.5) is 10.8 Å². The number of aromatic nitrogens is 1. The molecule has 0 radical (unpaired) electrons. The molecular formula is C18H13N3O4S. The number of rotatable bonds is 4. The number of thiazole rings is 1. The Morgan fingerprint density at radius 1 is 0.962 bits per heavy atom. The zero-order chi connectivity index (χ0) is 17.9. The van der Waals surface area contributed by atoms with Gasteiger partial charge in [-0.05, 0) is 24.3 Å². The Balaban J connectivity index is 1.42. The smallest absolute Gasteiger partial charge is 0.275 e. The van der Waals surface area contributed by atoms with Crippen molar-refractivity contribution in [3.63, 3.8) is 0 Å². The Morgan fingerprint density at radius 3 is 2.62 bits per heavy atom. The molecule has 7 nitrogen and oxygen atoms in total. The SMILES string of the molecule is O=C(Nc1nc(C(=O)Nc2ccc3c(c2)OCO3)cs1)c1ccccc1. The van der Waals surface area contributed by atoms with Gasteiger partial charge < -0.3 is 14.8 Å². The van der Waals surface area contributed by atoms with Gasteiger partial charge in [-0.1, -0.05) is 18.2 Å². The van der Waals surface area contributed by atoms with Crippen LogP contribution >= 0.6 is 11.3 Å². The van der Waals surface area contributed by atoms with Crippen molar-refractivity contribution in [1.29, 1.82) is 0 Å². The second-order valence-corrected chi connectivity index (χ2v) is 6.24. The Labute approximate surface area is 152 Å². The Morgan fingerprint density at radius 2 is 1.77 bits per heavy atom. The maximum atomic E-state index is 12.3. The fraction of sp³-hybridized carbons (Fsp3) is 0.0556. The molecule has 1 aliphatic rings. The van der Waals surface area contributed by atoms with E-state index in [2.05, 4.69) is 15.6 Å². The van der Waals surface area contributed by atoms with Crippen molar-refractivity contribution in [3.8, 4) is 11.5 Å². The van der Waals surface area contributed by atoms with Gasteiger partial charge in [-0.25, -0.2) is 4.98 Å². The topological polar surface area (TPSA) is 89.6 Å². The molecule has 0 atom stereocenters. The molecule has 0 saturated heterocycles. The van der Waals surface area contributed by atoms with Crippen LogP contribution in [0.1, 0.15) is 20.8 Å². The maximum Gasteiger partial charge on any atom is 0.275 e. The van der Waals surface area contributed by atoms with Crippen LogP contribution in [0.3, 0.4) is 0 Å². The van der Waals surface area contributed by atoms with Gasteiger partial charge in [0.1, 0.15) is 5.69 Å². The van der Waals surface area contributed by atoms with E-state index in [9.17, 15) is 9.59 Å². The zero-order valence-electron chi connectivity index (χ0n) is 13.4. The van der Waals surface area contributed by atoms with Gasteiger partial charge in [-0.15, -0.1) is 11.3 Å². The van der Waals surface area contributed by atoms with Crippen LogP contribution in [0.15, 0.2) is 53.9 Å². The van der Waals surface area contributed by atoms with E-state index in [1.165, 1.54) is 11.3 Å². The molecule has 0 fully saturated rings. The number of nitrogens with zero attached hydrogens (tertiary/aromatic N) is 1. The summed E-state index contributed by atoms with van der Waals surface area (Å²) in [5.74, 6) is 0.572. The van der Waals surface area contributed by atoms with E-state index in [1.807, 2.05) is 6.07 Å². The van der Waals surface area contributed by atoms with E-state index in [4.69, 9.17) is 9.47 Å². The number of amides is 2. The summed E-state index contributed by atoms with van der Waals surface area (Å²) in [6, 6.07) is 13.9. The highest BCUT2D eigenvalue weighted by atomic mass is 32.1. The molecule has 1 aromatic heterocycles. The number of hydrogen-bond donors (Lipinski definition) is 2. The molecule has 0 saturated carbocycles. The summed E-state index contributed by atoms with van der Waals surface area (Å²) in [5, 5.41) is 7.37. The minimum Gasteiger partial charge on any atom is -0.454 e. The van der Waals surface area contributed by atoms with Crippen molar-refractivity contribution in [1.82, 2.24) is 4.98 Å². The van der Waals surface area contributed by atoms with Gasteiger partial charge in [-0.3, -0.25) is 14.9 Å². The average Bonchev–Trinajstić information content (AvgIpc) is 3.31. The molecular weight excluding hydrogens is 354 g/mol. The molecule has 2 amide bonds. The monoisotopic (exact) mass is 367 g/mol. The van der Waals surface area contributed by atoms with E-state index in [-0.39, 0.29) is 24.3 Å². The molecule has 26 heavy (non-hydrogen) atoms. The van der Waals surface area contributed by atoms with Crippen molar-refractivity contribution in [2.45, 2.75) is 0 Å². The standard InChI is InChI=1S/C18H13N3O4S/c22-16(11-4-2-1-3-5-11)21-18-20-13(9-26-18)17(23)19-12-6-7-14-15(8-12)25-10-24-14/h1-9H,10H2,(H,19,23)(H,20,21,22). The number of nitrogens with one attached hydrogen (secondary N) is 2. The predicted molar refractivity (Wildman–Crippen MR) is 97.0 cm³/mol. The highest BCUT2D eigenvalue weighted by molar-refractivity contribution is 7.14. The second-order valence-electron chi connectivity index (χ2n) is 5.38. The molecule has 0 bridgehead atoms. The summed E-state index contributed by atoms with van der Waals surface area (Å²) in [4.78, 5) is 28.6. The molecule has 0 unspecified atom stereocenters. The summed E-state index contributed by atoms with van der Waals surface area (Å²) < 4.78 is 10.5. The molecule has 8 heteroatoms. The van der Waals surface area contributed by atoms with Gasteiger partial charge >= 0.3 is 0 Å². The van der Waals surface area contributed by atoms with E-state index in [0.717, 1.165) is 0 Å². The fourth-order valence-corrected chi connectivity index (χ4v) is 3.05. The minimum atomic E-state index is -0.375. The van der Waals surface area contributed by atoms with Crippen LogP contribution in [0.5, 0.6) is 11.5 Å². The number of benzene rings is 2. The normalized spacial score (nSPS) is 11.8. The van der Waals surface area contributed by atoms with Gasteiger partial charge in [-0.2, -0.15) is 0 Å². The number of carbonyl (C=O) groups excluding carboxylic acids is 2. The quantitative estimate of drug-likeness (QED) is 0.738. The first-order chi connectivity index (χ1) is 12.7. The first kappa shape index (κ1) is 16.1. The molecule has 2 N–H and O–H groups in total. The van der Waals surface area contributed by atoms with Crippen LogP contribution in [0.25, 0.3) is 0 Å². The third-order valence-corrected chi connectivity index (χ3v) is 4.38. The zero-order valence-corrected chi connectivity index (χ0v) is 14.2. The fourth-order valence-electron chi connectivity index (χ4n) is 2.36. The lowest BCUT2D eigenvalue weighted by Gasteiger charge is -2.04. The molecule has 0 spiro atoms. The van der Waals surface area contributed by atoms with Crippen LogP contribution in [0, 0.1) is 0 Å². The van der Waals surface area contributed by atoms with Gasteiger partial charge in [0.25, 0.3) is 11.8 Å². The summed E-state index contributed by atoms with van der Waals surface area (Å²) in [6.07, 6.45) is 0. The number of fused-ring (bicyclic) bond motifs is 1. The van der Waals surface area contributed by atoms with Crippen molar-refractivity contribution >= 4 is 34.0 Å². The Bertz CT molecular complexity index is 972. The van der Waals surface area contributed by atoms with Crippen LogP contribution in [0.2, 0.25) is 0 Å². The lowest BCUT2D eigenvalue weighted by atomic mass is 10.2. The number of hydrogen-bond acceptors (Lipinski definition) is 6. The first-order valence-electron chi connectivity index (χ1n) is 7.72. The van der Waals surface area contributed by atoms with Crippen molar-refractivity contribution in [2.75, 3.05) is 17.4 Å². The van der Waals surface area contributed by atoms with Crippen LogP contribution in [-0.4, -0.2) is 23.6 Å². The first-order valence-corrected chi connectivity index (χ1v) is 8.60. The van der Waals surface area contributed by atoms with Crippen LogP contribution < -0.4 is 20.1 Å². The molecule has 130 valence electrons. The Kier molecular flexibility index (Phi) is 4.24. The number of ether oxygens (including phenoxy) is 2. The van der Waals surface area contributed by atoms with Gasteiger partial charge in [0, 0.05) is 22.7 Å². The highest BCUT2D eigenvalue weighted by Gasteiger charge is 2.16. The van der Waals surface area contributed by atoms with Gasteiger partial charge in [0.2, 0.25) is 6.79 Å². The van der Waals surface area contributed by atoms with E-state index >= 15 is 0 Å². The van der Waals surface area contributed by atoms with E-state index in [1.54, 1.807) is 47.8 Å². The van der Waals surface area contributed by atoms with Crippen molar-refractivity contribution in [3.05, 3.63) is 65.2 Å². The summed E-state index contributed by atoms with van der Waals surface area (Å²) in [6.45, 7) is 0.170. The Hall–Kier alpha value is -3.39. The highest BCUT2D eigenvalue weighted by Crippen LogP contribution is 2.34.